The molecule has 0 aromatic carbocycles. The van der Waals surface area contributed by atoms with Crippen molar-refractivity contribution in [2.45, 2.75) is 50.7 Å². The third kappa shape index (κ3) is 2.55. The molecule has 0 bridgehead atoms. The minimum absolute atomic E-state index is 0.130. The van der Waals surface area contributed by atoms with Crippen molar-refractivity contribution >= 4 is 5.91 Å². The highest BCUT2D eigenvalue weighted by Gasteiger charge is 2.41. The van der Waals surface area contributed by atoms with Crippen LogP contribution in [0.1, 0.15) is 39.0 Å². The van der Waals surface area contributed by atoms with Crippen molar-refractivity contribution in [2.75, 3.05) is 19.6 Å². The van der Waals surface area contributed by atoms with Crippen molar-refractivity contribution in [1.82, 2.24) is 10.2 Å². The van der Waals surface area contributed by atoms with Crippen LogP contribution < -0.4 is 5.32 Å². The fourth-order valence-electron chi connectivity index (χ4n) is 2.54. The first-order valence-electron chi connectivity index (χ1n) is 6.36. The van der Waals surface area contributed by atoms with E-state index >= 15 is 0 Å². The topological polar surface area (TPSA) is 52.6 Å². The van der Waals surface area contributed by atoms with Gasteiger partial charge in [0.1, 0.15) is 0 Å². The molecule has 2 rings (SSSR count). The molecule has 0 atom stereocenters. The molecular weight excluding hydrogens is 204 g/mol. The van der Waals surface area contributed by atoms with Gasteiger partial charge in [-0.1, -0.05) is 19.8 Å². The lowest BCUT2D eigenvalue weighted by Crippen LogP contribution is -2.64. The average molecular weight is 226 g/mol. The van der Waals surface area contributed by atoms with E-state index in [1.165, 1.54) is 25.7 Å². The lowest BCUT2D eigenvalue weighted by molar-refractivity contribution is -0.154. The number of nitrogens with one attached hydrogen (secondary N) is 1. The average Bonchev–Trinajstić information content (AvgIpc) is 2.74. The largest absolute Gasteiger partial charge is 0.386 e. The van der Waals surface area contributed by atoms with Crippen molar-refractivity contribution in [1.29, 1.82) is 0 Å². The molecule has 2 aliphatic rings. The highest BCUT2D eigenvalue weighted by molar-refractivity contribution is 5.79. The zero-order chi connectivity index (χ0) is 11.6. The molecule has 1 saturated heterocycles. The van der Waals surface area contributed by atoms with Crippen LogP contribution >= 0.6 is 0 Å². The van der Waals surface area contributed by atoms with Gasteiger partial charge in [0.25, 0.3) is 0 Å². The van der Waals surface area contributed by atoms with Gasteiger partial charge in [0, 0.05) is 6.04 Å². The summed E-state index contributed by atoms with van der Waals surface area (Å²) in [6.45, 7) is 3.41. The Morgan fingerprint density at radius 3 is 2.62 bits per heavy atom. The highest BCUT2D eigenvalue weighted by Crippen LogP contribution is 2.24. The minimum Gasteiger partial charge on any atom is -0.386 e. The van der Waals surface area contributed by atoms with Gasteiger partial charge < -0.3 is 15.3 Å². The summed E-state index contributed by atoms with van der Waals surface area (Å²) in [5.41, 5.74) is -0.608. The van der Waals surface area contributed by atoms with Crippen LogP contribution in [-0.4, -0.2) is 47.2 Å². The monoisotopic (exact) mass is 226 g/mol. The number of amides is 1. The molecule has 16 heavy (non-hydrogen) atoms. The van der Waals surface area contributed by atoms with Crippen molar-refractivity contribution in [3.8, 4) is 0 Å². The number of nitrogens with zero attached hydrogens (tertiary/aromatic N) is 1. The van der Waals surface area contributed by atoms with Crippen molar-refractivity contribution in [3.63, 3.8) is 0 Å². The highest BCUT2D eigenvalue weighted by atomic mass is 16.3. The molecule has 2 fully saturated rings. The zero-order valence-electron chi connectivity index (χ0n) is 10.0. The first-order chi connectivity index (χ1) is 7.63. The summed E-state index contributed by atoms with van der Waals surface area (Å²) in [7, 11) is 0. The van der Waals surface area contributed by atoms with Crippen LogP contribution in [0, 0.1) is 0 Å². The smallest absolute Gasteiger partial charge is 0.236 e. The summed E-state index contributed by atoms with van der Waals surface area (Å²) in [6, 6.07) is 0.537. The van der Waals surface area contributed by atoms with E-state index in [9.17, 15) is 9.90 Å². The fraction of sp³-hybridized carbons (Fsp3) is 0.917. The molecule has 92 valence electrons. The van der Waals surface area contributed by atoms with Crippen molar-refractivity contribution in [3.05, 3.63) is 0 Å². The van der Waals surface area contributed by atoms with E-state index in [1.807, 2.05) is 6.92 Å². The molecule has 1 heterocycles. The maximum Gasteiger partial charge on any atom is 0.236 e. The van der Waals surface area contributed by atoms with E-state index in [0.717, 1.165) is 6.42 Å². The van der Waals surface area contributed by atoms with E-state index in [2.05, 4.69) is 5.32 Å². The van der Waals surface area contributed by atoms with E-state index in [4.69, 9.17) is 0 Å². The van der Waals surface area contributed by atoms with Gasteiger partial charge in [-0.05, 0) is 19.3 Å². The second kappa shape index (κ2) is 4.72. The van der Waals surface area contributed by atoms with Crippen LogP contribution in [0.5, 0.6) is 0 Å². The number of carbonyl (C=O) groups excluding carboxylic acids is 1. The number of hydrogen-bond acceptors (Lipinski definition) is 3. The van der Waals surface area contributed by atoms with Crippen LogP contribution in [0.4, 0.5) is 0 Å². The SMILES string of the molecule is CCC1(O)CN(C(=O)CNC2CCCC2)C1. The van der Waals surface area contributed by atoms with E-state index in [-0.39, 0.29) is 5.91 Å². The van der Waals surface area contributed by atoms with E-state index < -0.39 is 5.60 Å². The first kappa shape index (κ1) is 11.9. The summed E-state index contributed by atoms with van der Waals surface area (Å²) < 4.78 is 0. The van der Waals surface area contributed by atoms with Crippen LogP contribution in [-0.2, 0) is 4.79 Å². The standard InChI is InChI=1S/C12H22N2O2/c1-2-12(16)8-14(9-12)11(15)7-13-10-5-3-4-6-10/h10,13,16H,2-9H2,1H3. The summed E-state index contributed by atoms with van der Waals surface area (Å²) in [5.74, 6) is 0.130. The van der Waals surface area contributed by atoms with Gasteiger partial charge in [-0.3, -0.25) is 4.79 Å². The van der Waals surface area contributed by atoms with Gasteiger partial charge >= 0.3 is 0 Å². The zero-order valence-corrected chi connectivity index (χ0v) is 10.0. The number of aliphatic hydroxyl groups is 1. The van der Waals surface area contributed by atoms with E-state index in [0.29, 0.717) is 25.7 Å². The van der Waals surface area contributed by atoms with Crippen LogP contribution in [0.3, 0.4) is 0 Å². The predicted octanol–water partition coefficient (Wildman–Crippen LogP) is 0.502. The second-order valence-corrected chi connectivity index (χ2v) is 5.19. The fourth-order valence-corrected chi connectivity index (χ4v) is 2.54. The number of β-amino-alcohol motifs (C(OH)–C–C–N with tert-alkyl or cyclic N) is 1. The Labute approximate surface area is 97.0 Å². The second-order valence-electron chi connectivity index (χ2n) is 5.19. The predicted molar refractivity (Wildman–Crippen MR) is 62.1 cm³/mol. The van der Waals surface area contributed by atoms with Gasteiger partial charge in [0.15, 0.2) is 0 Å². The normalized spacial score (nSPS) is 24.5. The number of hydrogen-bond donors (Lipinski definition) is 2. The maximum absolute atomic E-state index is 11.7. The van der Waals surface area contributed by atoms with Crippen LogP contribution in [0.2, 0.25) is 0 Å². The number of rotatable bonds is 4. The van der Waals surface area contributed by atoms with Gasteiger partial charge in [0.05, 0.1) is 25.2 Å². The Morgan fingerprint density at radius 1 is 1.44 bits per heavy atom. The first-order valence-corrected chi connectivity index (χ1v) is 6.36. The summed E-state index contributed by atoms with van der Waals surface area (Å²) in [6.07, 6.45) is 5.70. The molecule has 0 aromatic heterocycles. The molecule has 4 heteroatoms. The van der Waals surface area contributed by atoms with Crippen LogP contribution in [0.25, 0.3) is 0 Å². The Morgan fingerprint density at radius 2 is 2.06 bits per heavy atom. The van der Waals surface area contributed by atoms with Crippen molar-refractivity contribution < 1.29 is 9.90 Å². The summed E-state index contributed by atoms with van der Waals surface area (Å²) in [4.78, 5) is 13.5. The summed E-state index contributed by atoms with van der Waals surface area (Å²) >= 11 is 0. The maximum atomic E-state index is 11.7. The quantitative estimate of drug-likeness (QED) is 0.734. The molecule has 0 aromatic rings. The van der Waals surface area contributed by atoms with Gasteiger partial charge in [-0.15, -0.1) is 0 Å². The third-order valence-corrected chi connectivity index (χ3v) is 3.88. The number of carbonyl (C=O) groups is 1. The molecule has 0 unspecified atom stereocenters. The number of likely N-dealkylation sites (tertiary alicyclic amines) is 1. The van der Waals surface area contributed by atoms with Crippen molar-refractivity contribution in [2.24, 2.45) is 0 Å². The lowest BCUT2D eigenvalue weighted by Gasteiger charge is -2.46. The lowest BCUT2D eigenvalue weighted by atomic mass is 9.91. The van der Waals surface area contributed by atoms with Gasteiger partial charge in [-0.2, -0.15) is 0 Å². The Hall–Kier alpha value is -0.610. The Bertz CT molecular complexity index is 256. The third-order valence-electron chi connectivity index (χ3n) is 3.88. The molecule has 1 saturated carbocycles. The Balaban J connectivity index is 1.65. The molecule has 1 aliphatic heterocycles. The molecule has 1 aliphatic carbocycles. The van der Waals surface area contributed by atoms with Gasteiger partial charge in [0.2, 0.25) is 5.91 Å². The molecule has 0 radical (unpaired) electrons. The van der Waals surface area contributed by atoms with E-state index in [1.54, 1.807) is 4.90 Å². The van der Waals surface area contributed by atoms with Crippen LogP contribution in [0.15, 0.2) is 0 Å². The summed E-state index contributed by atoms with van der Waals surface area (Å²) in [5, 5.41) is 13.1. The molecule has 0 spiro atoms. The molecule has 1 amide bonds. The van der Waals surface area contributed by atoms with Gasteiger partial charge in [-0.25, -0.2) is 0 Å². The minimum atomic E-state index is -0.608. The molecule has 4 nitrogen and oxygen atoms in total. The molecular formula is C12H22N2O2. The Kier molecular flexibility index (Phi) is 3.50. The molecule has 2 N–H and O–H groups in total.